The molecule has 2 aromatic carbocycles. The third-order valence-corrected chi connectivity index (χ3v) is 3.31. The highest BCUT2D eigenvalue weighted by atomic mass is 16.3. The fourth-order valence-corrected chi connectivity index (χ4v) is 2.10. The van der Waals surface area contributed by atoms with Crippen molar-refractivity contribution in [3.8, 4) is 5.75 Å². The smallest absolute Gasteiger partial charge is 0.228 e. The van der Waals surface area contributed by atoms with Gasteiger partial charge in [0.2, 0.25) is 5.91 Å². The monoisotopic (exact) mass is 258 g/mol. The third-order valence-electron chi connectivity index (χ3n) is 3.31. The highest BCUT2D eigenvalue weighted by Gasteiger charge is 2.15. The van der Waals surface area contributed by atoms with E-state index < -0.39 is 0 Å². The van der Waals surface area contributed by atoms with Gasteiger partial charge >= 0.3 is 0 Å². The van der Waals surface area contributed by atoms with Gasteiger partial charge in [-0.25, -0.2) is 0 Å². The lowest BCUT2D eigenvalue weighted by atomic mass is 10.0. The lowest BCUT2D eigenvalue weighted by Gasteiger charge is -2.14. The number of hydrogen-bond acceptors (Lipinski definition) is 3. The molecule has 0 saturated heterocycles. The van der Waals surface area contributed by atoms with Gasteiger partial charge in [-0.1, -0.05) is 31.2 Å². The van der Waals surface area contributed by atoms with Crippen molar-refractivity contribution in [3.05, 3.63) is 36.4 Å². The molecule has 0 aliphatic rings. The summed E-state index contributed by atoms with van der Waals surface area (Å²) in [4.78, 5) is 12.0. The second kappa shape index (κ2) is 5.71. The number of anilines is 1. The molecule has 19 heavy (non-hydrogen) atoms. The number of carbonyl (C=O) groups is 1. The van der Waals surface area contributed by atoms with E-state index in [4.69, 9.17) is 5.73 Å². The van der Waals surface area contributed by atoms with Gasteiger partial charge in [-0.2, -0.15) is 0 Å². The molecule has 0 aromatic heterocycles. The number of phenolic OH excluding ortho intramolecular Hbond substituents is 1. The number of hydrogen-bond donors (Lipinski definition) is 3. The van der Waals surface area contributed by atoms with E-state index in [1.165, 1.54) is 0 Å². The summed E-state index contributed by atoms with van der Waals surface area (Å²) in [5.74, 6) is -0.0622. The van der Waals surface area contributed by atoms with Gasteiger partial charge in [0.1, 0.15) is 5.75 Å². The van der Waals surface area contributed by atoms with Crippen LogP contribution in [0.25, 0.3) is 10.8 Å². The summed E-state index contributed by atoms with van der Waals surface area (Å²) in [5.41, 5.74) is 6.27. The molecule has 4 N–H and O–H groups in total. The molecule has 100 valence electrons. The zero-order valence-corrected chi connectivity index (χ0v) is 10.9. The van der Waals surface area contributed by atoms with E-state index in [9.17, 15) is 9.90 Å². The lowest BCUT2D eigenvalue weighted by Crippen LogP contribution is -2.28. The summed E-state index contributed by atoms with van der Waals surface area (Å²) >= 11 is 0. The molecule has 2 aromatic rings. The number of benzene rings is 2. The van der Waals surface area contributed by atoms with Gasteiger partial charge in [0.15, 0.2) is 0 Å². The van der Waals surface area contributed by atoms with Crippen molar-refractivity contribution in [2.45, 2.75) is 13.3 Å². The van der Waals surface area contributed by atoms with Gasteiger partial charge in [-0.3, -0.25) is 4.79 Å². The molecule has 1 amide bonds. The van der Waals surface area contributed by atoms with E-state index in [1.54, 1.807) is 18.2 Å². The maximum Gasteiger partial charge on any atom is 0.228 e. The largest absolute Gasteiger partial charge is 0.507 e. The Balaban J connectivity index is 2.36. The van der Waals surface area contributed by atoms with Crippen molar-refractivity contribution in [1.82, 2.24) is 0 Å². The maximum absolute atomic E-state index is 12.0. The lowest BCUT2D eigenvalue weighted by molar-refractivity contribution is -0.119. The molecule has 0 aliphatic carbocycles. The first-order chi connectivity index (χ1) is 9.17. The number of carbonyl (C=O) groups excluding carboxylic acids is 1. The van der Waals surface area contributed by atoms with E-state index in [1.807, 2.05) is 25.1 Å². The van der Waals surface area contributed by atoms with Gasteiger partial charge < -0.3 is 16.2 Å². The average Bonchev–Trinajstić information content (AvgIpc) is 2.41. The first kappa shape index (κ1) is 13.4. The van der Waals surface area contributed by atoms with E-state index in [-0.39, 0.29) is 17.6 Å². The van der Waals surface area contributed by atoms with Crippen LogP contribution in [0.5, 0.6) is 5.75 Å². The molecular formula is C15H18N2O2. The number of rotatable bonds is 4. The van der Waals surface area contributed by atoms with Crippen LogP contribution in [0, 0.1) is 5.92 Å². The van der Waals surface area contributed by atoms with Crippen LogP contribution in [0.15, 0.2) is 36.4 Å². The van der Waals surface area contributed by atoms with Gasteiger partial charge in [0.25, 0.3) is 0 Å². The van der Waals surface area contributed by atoms with Gasteiger partial charge in [-0.05, 0) is 18.6 Å². The predicted octanol–water partition coefficient (Wildman–Crippen LogP) is 2.47. The maximum atomic E-state index is 12.0. The van der Waals surface area contributed by atoms with Crippen LogP contribution in [0.2, 0.25) is 0 Å². The van der Waals surface area contributed by atoms with Gasteiger partial charge in [0, 0.05) is 23.0 Å². The second-order valence-electron chi connectivity index (χ2n) is 4.51. The molecule has 0 heterocycles. The standard InChI is InChI=1S/C15H18N2O2/c1-2-10(9-16)15(19)17-13-7-3-6-12-11(13)5-4-8-14(12)18/h3-8,10,18H,2,9,16H2,1H3,(H,17,19). The molecule has 2 rings (SSSR count). The molecule has 0 spiro atoms. The molecule has 0 fully saturated rings. The van der Waals surface area contributed by atoms with Crippen molar-refractivity contribution in [2.75, 3.05) is 11.9 Å². The molecule has 0 aliphatic heterocycles. The van der Waals surface area contributed by atoms with Crippen molar-refractivity contribution in [1.29, 1.82) is 0 Å². The van der Waals surface area contributed by atoms with Crippen LogP contribution in [0.4, 0.5) is 5.69 Å². The number of amides is 1. The van der Waals surface area contributed by atoms with Crippen molar-refractivity contribution < 1.29 is 9.90 Å². The molecule has 0 bridgehead atoms. The molecule has 1 atom stereocenters. The van der Waals surface area contributed by atoms with Crippen LogP contribution in [0.1, 0.15) is 13.3 Å². The SMILES string of the molecule is CCC(CN)C(=O)Nc1cccc2c(O)cccc12. The van der Waals surface area contributed by atoms with Crippen LogP contribution in [-0.2, 0) is 4.79 Å². The minimum atomic E-state index is -0.187. The molecular weight excluding hydrogens is 240 g/mol. The molecule has 4 nitrogen and oxygen atoms in total. The van der Waals surface area contributed by atoms with E-state index in [0.29, 0.717) is 18.7 Å². The Morgan fingerprint density at radius 1 is 1.26 bits per heavy atom. The average molecular weight is 258 g/mol. The molecule has 0 saturated carbocycles. The summed E-state index contributed by atoms with van der Waals surface area (Å²) in [6.45, 7) is 2.27. The fourth-order valence-electron chi connectivity index (χ4n) is 2.10. The van der Waals surface area contributed by atoms with Crippen LogP contribution in [-0.4, -0.2) is 17.6 Å². The Kier molecular flexibility index (Phi) is 4.02. The predicted molar refractivity (Wildman–Crippen MR) is 77.1 cm³/mol. The van der Waals surface area contributed by atoms with Crippen molar-refractivity contribution in [3.63, 3.8) is 0 Å². The Morgan fingerprint density at radius 2 is 1.95 bits per heavy atom. The summed E-state index contributed by atoms with van der Waals surface area (Å²) < 4.78 is 0. The Labute approximate surface area is 112 Å². The van der Waals surface area contributed by atoms with Crippen molar-refractivity contribution in [2.24, 2.45) is 11.7 Å². The van der Waals surface area contributed by atoms with Crippen LogP contribution < -0.4 is 11.1 Å². The van der Waals surface area contributed by atoms with E-state index in [2.05, 4.69) is 5.32 Å². The number of nitrogens with one attached hydrogen (secondary N) is 1. The van der Waals surface area contributed by atoms with Gasteiger partial charge in [0.05, 0.1) is 5.92 Å². The Hall–Kier alpha value is -2.07. The Bertz CT molecular complexity index is 592. The molecule has 4 heteroatoms. The topological polar surface area (TPSA) is 75.4 Å². The zero-order chi connectivity index (χ0) is 13.8. The number of nitrogens with two attached hydrogens (primary N) is 1. The van der Waals surface area contributed by atoms with Crippen molar-refractivity contribution >= 4 is 22.4 Å². The highest BCUT2D eigenvalue weighted by molar-refractivity contribution is 6.04. The van der Waals surface area contributed by atoms with Crippen LogP contribution in [0.3, 0.4) is 0 Å². The first-order valence-electron chi connectivity index (χ1n) is 6.39. The first-order valence-corrected chi connectivity index (χ1v) is 6.39. The zero-order valence-electron chi connectivity index (χ0n) is 10.9. The Morgan fingerprint density at radius 3 is 2.63 bits per heavy atom. The minimum absolute atomic E-state index is 0.0826. The van der Waals surface area contributed by atoms with E-state index in [0.717, 1.165) is 10.8 Å². The number of phenols is 1. The number of fused-ring (bicyclic) bond motifs is 1. The summed E-state index contributed by atoms with van der Waals surface area (Å²) in [5, 5.41) is 14.2. The summed E-state index contributed by atoms with van der Waals surface area (Å²) in [6, 6.07) is 10.7. The van der Waals surface area contributed by atoms with Gasteiger partial charge in [-0.15, -0.1) is 0 Å². The number of aromatic hydroxyl groups is 1. The third kappa shape index (κ3) is 2.69. The highest BCUT2D eigenvalue weighted by Crippen LogP contribution is 2.30. The summed E-state index contributed by atoms with van der Waals surface area (Å²) in [6.07, 6.45) is 0.707. The quantitative estimate of drug-likeness (QED) is 0.788. The minimum Gasteiger partial charge on any atom is -0.507 e. The normalized spacial score (nSPS) is 12.3. The summed E-state index contributed by atoms with van der Waals surface area (Å²) in [7, 11) is 0. The van der Waals surface area contributed by atoms with E-state index >= 15 is 0 Å². The molecule has 0 radical (unpaired) electrons. The molecule has 1 unspecified atom stereocenters. The van der Waals surface area contributed by atoms with Crippen LogP contribution >= 0.6 is 0 Å². The fraction of sp³-hybridized carbons (Fsp3) is 0.267. The second-order valence-corrected chi connectivity index (χ2v) is 4.51.